The van der Waals surface area contributed by atoms with E-state index in [0.29, 0.717) is 11.5 Å². The van der Waals surface area contributed by atoms with Gasteiger partial charge in [-0.25, -0.2) is 4.79 Å². The van der Waals surface area contributed by atoms with E-state index >= 15 is 0 Å². The summed E-state index contributed by atoms with van der Waals surface area (Å²) in [5, 5.41) is 7.65. The molecule has 26 heavy (non-hydrogen) atoms. The lowest BCUT2D eigenvalue weighted by Gasteiger charge is -2.22. The zero-order valence-corrected chi connectivity index (χ0v) is 14.9. The molecule has 1 aromatic carbocycles. The Morgan fingerprint density at radius 2 is 1.92 bits per heavy atom. The smallest absolute Gasteiger partial charge is 0.344 e. The topological polar surface area (TPSA) is 87.6 Å². The molecule has 3 aromatic rings. The summed E-state index contributed by atoms with van der Waals surface area (Å²) in [4.78, 5) is 11.9. The second-order valence-corrected chi connectivity index (χ2v) is 6.67. The van der Waals surface area contributed by atoms with Gasteiger partial charge >= 0.3 is 5.97 Å². The first-order valence-electron chi connectivity index (χ1n) is 8.17. The number of ether oxygens (including phenoxy) is 2. The van der Waals surface area contributed by atoms with Crippen molar-refractivity contribution in [2.24, 2.45) is 0 Å². The minimum Gasteiger partial charge on any atom is -0.482 e. The summed E-state index contributed by atoms with van der Waals surface area (Å²) in [7, 11) is 0. The third kappa shape index (κ3) is 4.30. The molecule has 0 aliphatic carbocycles. The van der Waals surface area contributed by atoms with Crippen LogP contribution in [-0.2, 0) is 21.6 Å². The molecule has 7 nitrogen and oxygen atoms in total. The van der Waals surface area contributed by atoms with Gasteiger partial charge < -0.3 is 18.3 Å². The number of carbonyl (C=O) groups excluding carboxylic acids is 1. The molecule has 0 fully saturated rings. The van der Waals surface area contributed by atoms with Gasteiger partial charge in [0.2, 0.25) is 0 Å². The summed E-state index contributed by atoms with van der Waals surface area (Å²) in [5.41, 5.74) is 0.930. The number of hydrogen-bond donors (Lipinski definition) is 0. The standard InChI is InChI=1S/C19H20N2O5/c1-19(2,3)13-7-4-5-8-14(13)24-12-17(22)25-11-16-20-21-18(26-16)15-9-6-10-23-15/h4-10H,11-12H2,1-3H3. The minimum absolute atomic E-state index is 0.0908. The van der Waals surface area contributed by atoms with Gasteiger partial charge in [-0.05, 0) is 29.2 Å². The van der Waals surface area contributed by atoms with Crippen molar-refractivity contribution in [1.29, 1.82) is 0 Å². The average Bonchev–Trinajstić information content (AvgIpc) is 3.28. The van der Waals surface area contributed by atoms with Gasteiger partial charge in [0.15, 0.2) is 19.0 Å². The van der Waals surface area contributed by atoms with E-state index in [2.05, 4.69) is 31.0 Å². The minimum atomic E-state index is -0.522. The molecule has 136 valence electrons. The monoisotopic (exact) mass is 356 g/mol. The lowest BCUT2D eigenvalue weighted by molar-refractivity contribution is -0.148. The first-order chi connectivity index (χ1) is 12.4. The van der Waals surface area contributed by atoms with Crippen LogP contribution in [0, 0.1) is 0 Å². The number of esters is 1. The highest BCUT2D eigenvalue weighted by atomic mass is 16.6. The number of carbonyl (C=O) groups is 1. The molecule has 2 aromatic heterocycles. The van der Waals surface area contributed by atoms with Crippen molar-refractivity contribution in [3.8, 4) is 17.4 Å². The summed E-state index contributed by atoms with van der Waals surface area (Å²) in [6.45, 7) is 5.92. The second-order valence-electron chi connectivity index (χ2n) is 6.67. The molecule has 0 N–H and O–H groups in total. The van der Waals surface area contributed by atoms with Crippen LogP contribution in [0.5, 0.6) is 5.75 Å². The van der Waals surface area contributed by atoms with Crippen LogP contribution in [0.1, 0.15) is 32.2 Å². The summed E-state index contributed by atoms with van der Waals surface area (Å²) in [6.07, 6.45) is 1.51. The maximum atomic E-state index is 11.9. The van der Waals surface area contributed by atoms with Crippen LogP contribution < -0.4 is 4.74 Å². The number of rotatable bonds is 6. The molecule has 0 saturated heterocycles. The lowest BCUT2D eigenvalue weighted by Crippen LogP contribution is -2.18. The molecule has 0 bridgehead atoms. The number of hydrogen-bond acceptors (Lipinski definition) is 7. The fourth-order valence-corrected chi connectivity index (χ4v) is 2.34. The van der Waals surface area contributed by atoms with Crippen molar-refractivity contribution in [2.75, 3.05) is 6.61 Å². The number of benzene rings is 1. The van der Waals surface area contributed by atoms with Crippen LogP contribution in [0.15, 0.2) is 51.5 Å². The maximum Gasteiger partial charge on any atom is 0.344 e. The van der Waals surface area contributed by atoms with Crippen LogP contribution in [0.3, 0.4) is 0 Å². The highest BCUT2D eigenvalue weighted by Crippen LogP contribution is 2.30. The number of nitrogens with zero attached hydrogens (tertiary/aromatic N) is 2. The van der Waals surface area contributed by atoms with Crippen LogP contribution in [0.25, 0.3) is 11.7 Å². The summed E-state index contributed by atoms with van der Waals surface area (Å²) >= 11 is 0. The highest BCUT2D eigenvalue weighted by molar-refractivity contribution is 5.71. The normalized spacial score (nSPS) is 11.3. The first kappa shape index (κ1) is 17.7. The van der Waals surface area contributed by atoms with Gasteiger partial charge in [0.1, 0.15) is 5.75 Å². The van der Waals surface area contributed by atoms with Crippen LogP contribution in [0.4, 0.5) is 0 Å². The fraction of sp³-hybridized carbons (Fsp3) is 0.316. The molecule has 0 aliphatic heterocycles. The van der Waals surface area contributed by atoms with E-state index in [1.807, 2.05) is 24.3 Å². The molecule has 0 unspecified atom stereocenters. The quantitative estimate of drug-likeness (QED) is 0.622. The summed E-state index contributed by atoms with van der Waals surface area (Å²) in [5.74, 6) is 1.01. The van der Waals surface area contributed by atoms with Crippen molar-refractivity contribution in [1.82, 2.24) is 10.2 Å². The lowest BCUT2D eigenvalue weighted by atomic mass is 9.86. The second kappa shape index (κ2) is 7.43. The van der Waals surface area contributed by atoms with Gasteiger partial charge in [0.05, 0.1) is 6.26 Å². The Balaban J connectivity index is 1.53. The Kier molecular flexibility index (Phi) is 5.06. The summed E-state index contributed by atoms with van der Waals surface area (Å²) in [6, 6.07) is 11.0. The Hall–Kier alpha value is -3.09. The molecular formula is C19H20N2O5. The van der Waals surface area contributed by atoms with E-state index in [1.54, 1.807) is 12.1 Å². The first-order valence-corrected chi connectivity index (χ1v) is 8.17. The number of aromatic nitrogens is 2. The van der Waals surface area contributed by atoms with E-state index in [0.717, 1.165) is 5.56 Å². The molecule has 0 amide bonds. The zero-order valence-electron chi connectivity index (χ0n) is 14.9. The van der Waals surface area contributed by atoms with E-state index in [4.69, 9.17) is 18.3 Å². The van der Waals surface area contributed by atoms with Gasteiger partial charge in [0.25, 0.3) is 11.8 Å². The van der Waals surface area contributed by atoms with Crippen LogP contribution in [-0.4, -0.2) is 22.8 Å². The molecule has 0 spiro atoms. The van der Waals surface area contributed by atoms with Crippen molar-refractivity contribution >= 4 is 5.97 Å². The third-order valence-corrected chi connectivity index (χ3v) is 3.60. The number of furan rings is 1. The Morgan fingerprint density at radius 3 is 2.65 bits per heavy atom. The third-order valence-electron chi connectivity index (χ3n) is 3.60. The molecule has 2 heterocycles. The number of para-hydroxylation sites is 1. The molecular weight excluding hydrogens is 336 g/mol. The van der Waals surface area contributed by atoms with Gasteiger partial charge in [-0.2, -0.15) is 0 Å². The maximum absolute atomic E-state index is 11.9. The average molecular weight is 356 g/mol. The van der Waals surface area contributed by atoms with Gasteiger partial charge in [0, 0.05) is 0 Å². The van der Waals surface area contributed by atoms with Crippen LogP contribution >= 0.6 is 0 Å². The largest absolute Gasteiger partial charge is 0.482 e. The highest BCUT2D eigenvalue weighted by Gasteiger charge is 2.19. The van der Waals surface area contributed by atoms with E-state index < -0.39 is 5.97 Å². The Labute approximate surface area is 150 Å². The van der Waals surface area contributed by atoms with Gasteiger partial charge in [-0.15, -0.1) is 10.2 Å². The van der Waals surface area contributed by atoms with Gasteiger partial charge in [-0.1, -0.05) is 39.0 Å². The molecule has 3 rings (SSSR count). The van der Waals surface area contributed by atoms with E-state index in [-0.39, 0.29) is 30.4 Å². The van der Waals surface area contributed by atoms with Crippen LogP contribution in [0.2, 0.25) is 0 Å². The van der Waals surface area contributed by atoms with Crippen molar-refractivity contribution < 1.29 is 23.1 Å². The predicted octanol–water partition coefficient (Wildman–Crippen LogP) is 3.75. The van der Waals surface area contributed by atoms with Crippen molar-refractivity contribution in [3.63, 3.8) is 0 Å². The zero-order chi connectivity index (χ0) is 18.6. The SMILES string of the molecule is CC(C)(C)c1ccccc1OCC(=O)OCc1nnc(-c2ccco2)o1. The Bertz CT molecular complexity index is 862. The Morgan fingerprint density at radius 1 is 1.12 bits per heavy atom. The molecule has 7 heteroatoms. The van der Waals surface area contributed by atoms with E-state index in [9.17, 15) is 4.79 Å². The van der Waals surface area contributed by atoms with Crippen molar-refractivity contribution in [2.45, 2.75) is 32.8 Å². The molecule has 0 radical (unpaired) electrons. The van der Waals surface area contributed by atoms with E-state index in [1.165, 1.54) is 6.26 Å². The fourth-order valence-electron chi connectivity index (χ4n) is 2.34. The summed E-state index contributed by atoms with van der Waals surface area (Å²) < 4.78 is 21.3. The molecule has 0 saturated carbocycles. The van der Waals surface area contributed by atoms with Gasteiger partial charge in [-0.3, -0.25) is 0 Å². The molecule has 0 aliphatic rings. The van der Waals surface area contributed by atoms with Crippen molar-refractivity contribution in [3.05, 3.63) is 54.1 Å². The molecule has 0 atom stereocenters. The predicted molar refractivity (Wildman–Crippen MR) is 92.4 cm³/mol.